The quantitative estimate of drug-likeness (QED) is 0.690. The van der Waals surface area contributed by atoms with E-state index in [2.05, 4.69) is 24.1 Å². The predicted octanol–water partition coefficient (Wildman–Crippen LogP) is 1.22. The number of amides is 2. The van der Waals surface area contributed by atoms with Crippen molar-refractivity contribution in [1.29, 1.82) is 0 Å². The van der Waals surface area contributed by atoms with E-state index in [0.29, 0.717) is 25.6 Å². The summed E-state index contributed by atoms with van der Waals surface area (Å²) < 4.78 is 0. The van der Waals surface area contributed by atoms with Crippen molar-refractivity contribution in [3.63, 3.8) is 0 Å². The topological polar surface area (TPSA) is 72.9 Å². The third-order valence-electron chi connectivity index (χ3n) is 3.54. The van der Waals surface area contributed by atoms with Crippen LogP contribution >= 0.6 is 0 Å². The second-order valence-corrected chi connectivity index (χ2v) is 5.74. The summed E-state index contributed by atoms with van der Waals surface area (Å²) in [5.41, 5.74) is 0. The number of aliphatic carboxylic acids is 1. The van der Waals surface area contributed by atoms with Gasteiger partial charge in [-0.1, -0.05) is 13.8 Å². The first-order valence-corrected chi connectivity index (χ1v) is 7.46. The van der Waals surface area contributed by atoms with Gasteiger partial charge >= 0.3 is 12.0 Å². The van der Waals surface area contributed by atoms with E-state index in [4.69, 9.17) is 5.11 Å². The summed E-state index contributed by atoms with van der Waals surface area (Å²) in [7, 11) is 0. The molecular formula is C14H27N3O3. The van der Waals surface area contributed by atoms with Crippen LogP contribution in [-0.4, -0.2) is 66.2 Å². The molecule has 0 aromatic rings. The Labute approximate surface area is 121 Å². The molecule has 20 heavy (non-hydrogen) atoms. The lowest BCUT2D eigenvalue weighted by Crippen LogP contribution is -2.52. The van der Waals surface area contributed by atoms with Gasteiger partial charge in [0.25, 0.3) is 0 Å². The monoisotopic (exact) mass is 285 g/mol. The van der Waals surface area contributed by atoms with Crippen molar-refractivity contribution in [2.45, 2.75) is 33.1 Å². The molecule has 1 rings (SSSR count). The number of piperazine rings is 1. The van der Waals surface area contributed by atoms with Gasteiger partial charge in [-0.25, -0.2) is 4.79 Å². The minimum Gasteiger partial charge on any atom is -0.481 e. The van der Waals surface area contributed by atoms with E-state index < -0.39 is 5.97 Å². The van der Waals surface area contributed by atoms with Crippen molar-refractivity contribution >= 4 is 12.0 Å². The van der Waals surface area contributed by atoms with Crippen molar-refractivity contribution in [1.82, 2.24) is 15.1 Å². The van der Waals surface area contributed by atoms with Gasteiger partial charge < -0.3 is 15.3 Å². The van der Waals surface area contributed by atoms with Crippen molar-refractivity contribution in [3.05, 3.63) is 0 Å². The number of carboxylic acids is 1. The molecule has 0 bridgehead atoms. The second kappa shape index (κ2) is 8.79. The predicted molar refractivity (Wildman–Crippen MR) is 77.7 cm³/mol. The molecule has 0 unspecified atom stereocenters. The molecule has 6 nitrogen and oxygen atoms in total. The molecule has 0 saturated carbocycles. The highest BCUT2D eigenvalue weighted by Crippen LogP contribution is 2.04. The molecule has 0 aromatic carbocycles. The van der Waals surface area contributed by atoms with Crippen LogP contribution in [0.5, 0.6) is 0 Å². The summed E-state index contributed by atoms with van der Waals surface area (Å²) in [5, 5.41) is 11.6. The van der Waals surface area contributed by atoms with E-state index in [1.165, 1.54) is 0 Å². The zero-order chi connectivity index (χ0) is 15.0. The van der Waals surface area contributed by atoms with Gasteiger partial charge in [0.2, 0.25) is 0 Å². The van der Waals surface area contributed by atoms with Crippen molar-refractivity contribution in [3.8, 4) is 0 Å². The molecule has 1 fully saturated rings. The number of carbonyl (C=O) groups excluding carboxylic acids is 1. The average Bonchev–Trinajstić information content (AvgIpc) is 2.41. The number of urea groups is 1. The van der Waals surface area contributed by atoms with E-state index in [1.54, 1.807) is 0 Å². The van der Waals surface area contributed by atoms with Crippen molar-refractivity contribution in [2.24, 2.45) is 5.92 Å². The fraction of sp³-hybridized carbons (Fsp3) is 0.857. The van der Waals surface area contributed by atoms with Crippen LogP contribution in [0, 0.1) is 5.92 Å². The van der Waals surface area contributed by atoms with Gasteiger partial charge in [0.15, 0.2) is 0 Å². The van der Waals surface area contributed by atoms with E-state index in [-0.39, 0.29) is 12.5 Å². The Kier molecular flexibility index (Phi) is 7.36. The second-order valence-electron chi connectivity index (χ2n) is 5.74. The van der Waals surface area contributed by atoms with Crippen molar-refractivity contribution in [2.75, 3.05) is 39.3 Å². The lowest BCUT2D eigenvalue weighted by atomic mass is 10.1. The normalized spacial score (nSPS) is 16.4. The van der Waals surface area contributed by atoms with E-state index in [1.807, 2.05) is 4.90 Å². The first-order valence-electron chi connectivity index (χ1n) is 7.46. The van der Waals surface area contributed by atoms with Crippen LogP contribution in [-0.2, 0) is 4.79 Å². The molecule has 1 heterocycles. The molecule has 0 aliphatic carbocycles. The molecule has 0 atom stereocenters. The molecular weight excluding hydrogens is 258 g/mol. The molecule has 1 aliphatic rings. The molecule has 0 spiro atoms. The first-order chi connectivity index (χ1) is 9.49. The molecule has 6 heteroatoms. The van der Waals surface area contributed by atoms with Gasteiger partial charge in [-0.05, 0) is 18.8 Å². The Balaban J connectivity index is 2.14. The minimum absolute atomic E-state index is 0.00615. The maximum atomic E-state index is 11.9. The molecule has 0 radical (unpaired) electrons. The number of carboxylic acid groups (broad SMARTS) is 1. The van der Waals surface area contributed by atoms with Gasteiger partial charge in [0, 0.05) is 39.3 Å². The number of carbonyl (C=O) groups is 2. The van der Waals surface area contributed by atoms with Crippen LogP contribution in [0.3, 0.4) is 0 Å². The highest BCUT2D eigenvalue weighted by Gasteiger charge is 2.20. The maximum absolute atomic E-state index is 11.9. The lowest BCUT2D eigenvalue weighted by molar-refractivity contribution is -0.137. The van der Waals surface area contributed by atoms with Crippen LogP contribution in [0.4, 0.5) is 4.79 Å². The summed E-state index contributed by atoms with van der Waals surface area (Å²) >= 11 is 0. The highest BCUT2D eigenvalue weighted by atomic mass is 16.4. The number of hydrogen-bond acceptors (Lipinski definition) is 3. The number of nitrogens with one attached hydrogen (secondary N) is 1. The first kappa shape index (κ1) is 16.8. The summed E-state index contributed by atoms with van der Waals surface area (Å²) in [6.45, 7) is 8.52. The molecule has 1 saturated heterocycles. The van der Waals surface area contributed by atoms with Gasteiger partial charge in [0.05, 0.1) is 6.42 Å². The van der Waals surface area contributed by atoms with Gasteiger partial charge in [0.1, 0.15) is 0 Å². The third-order valence-corrected chi connectivity index (χ3v) is 3.54. The minimum atomic E-state index is -0.768. The molecule has 116 valence electrons. The van der Waals surface area contributed by atoms with Gasteiger partial charge in [-0.3, -0.25) is 9.69 Å². The standard InChI is InChI=1S/C14H27N3O3/c1-12(2)4-3-6-15-14(20)17-10-8-16(9-11-17)7-5-13(18)19/h12H,3-11H2,1-2H3,(H,15,20)(H,18,19). The van der Waals surface area contributed by atoms with Crippen molar-refractivity contribution < 1.29 is 14.7 Å². The Morgan fingerprint density at radius 1 is 1.20 bits per heavy atom. The zero-order valence-electron chi connectivity index (χ0n) is 12.6. The summed E-state index contributed by atoms with van der Waals surface area (Å²) in [6.07, 6.45) is 2.31. The van der Waals surface area contributed by atoms with Crippen LogP contribution in [0.2, 0.25) is 0 Å². The number of nitrogens with zero attached hydrogens (tertiary/aromatic N) is 2. The highest BCUT2D eigenvalue weighted by molar-refractivity contribution is 5.74. The molecule has 2 N–H and O–H groups in total. The Bertz CT molecular complexity index is 313. The summed E-state index contributed by atoms with van der Waals surface area (Å²) in [5.74, 6) is -0.0972. The van der Waals surface area contributed by atoms with Gasteiger partial charge in [-0.2, -0.15) is 0 Å². The smallest absolute Gasteiger partial charge is 0.317 e. The number of hydrogen-bond donors (Lipinski definition) is 2. The number of rotatable bonds is 7. The fourth-order valence-electron chi connectivity index (χ4n) is 2.25. The van der Waals surface area contributed by atoms with E-state index in [0.717, 1.165) is 32.5 Å². The largest absolute Gasteiger partial charge is 0.481 e. The van der Waals surface area contributed by atoms with Crippen LogP contribution < -0.4 is 5.32 Å². The molecule has 1 aliphatic heterocycles. The molecule has 0 aromatic heterocycles. The zero-order valence-corrected chi connectivity index (χ0v) is 12.6. The van der Waals surface area contributed by atoms with Crippen LogP contribution in [0.1, 0.15) is 33.1 Å². The van der Waals surface area contributed by atoms with E-state index >= 15 is 0 Å². The van der Waals surface area contributed by atoms with Crippen LogP contribution in [0.15, 0.2) is 0 Å². The third kappa shape index (κ3) is 6.75. The Hall–Kier alpha value is -1.30. The lowest BCUT2D eigenvalue weighted by Gasteiger charge is -2.34. The van der Waals surface area contributed by atoms with E-state index in [9.17, 15) is 9.59 Å². The fourth-order valence-corrected chi connectivity index (χ4v) is 2.25. The average molecular weight is 285 g/mol. The summed E-state index contributed by atoms with van der Waals surface area (Å²) in [6, 6.07) is 0.00615. The van der Waals surface area contributed by atoms with Crippen LogP contribution in [0.25, 0.3) is 0 Å². The van der Waals surface area contributed by atoms with Gasteiger partial charge in [-0.15, -0.1) is 0 Å². The Morgan fingerprint density at radius 3 is 2.40 bits per heavy atom. The SMILES string of the molecule is CC(C)CCCNC(=O)N1CCN(CCC(=O)O)CC1. The molecule has 2 amide bonds. The maximum Gasteiger partial charge on any atom is 0.317 e. The Morgan fingerprint density at radius 2 is 1.85 bits per heavy atom. The summed E-state index contributed by atoms with van der Waals surface area (Å²) in [4.78, 5) is 26.3.